The van der Waals surface area contributed by atoms with Gasteiger partial charge in [-0.25, -0.2) is 0 Å². The van der Waals surface area contributed by atoms with Gasteiger partial charge in [-0.15, -0.1) is 0 Å². The van der Waals surface area contributed by atoms with Gasteiger partial charge in [-0.1, -0.05) is 38.1 Å². The highest BCUT2D eigenvalue weighted by molar-refractivity contribution is 5.78. The van der Waals surface area contributed by atoms with E-state index in [2.05, 4.69) is 55.7 Å². The Bertz CT molecular complexity index is 386. The van der Waals surface area contributed by atoms with Crippen LogP contribution in [0, 0.1) is 0 Å². The van der Waals surface area contributed by atoms with Crippen LogP contribution < -0.4 is 10.6 Å². The standard InChI is InChI=1S/C16H26N2O/c1-5-12(3)18-16(19)11-17-13(4)15-9-7-14(6-2)8-10-15/h7-10,12-13,17H,5-6,11H2,1-4H3,(H,18,19). The maximum atomic E-state index is 11.7. The van der Waals surface area contributed by atoms with E-state index in [0.29, 0.717) is 6.54 Å². The van der Waals surface area contributed by atoms with E-state index >= 15 is 0 Å². The number of amides is 1. The summed E-state index contributed by atoms with van der Waals surface area (Å²) in [6.45, 7) is 8.68. The molecule has 0 saturated carbocycles. The zero-order chi connectivity index (χ0) is 14.3. The summed E-state index contributed by atoms with van der Waals surface area (Å²) >= 11 is 0. The highest BCUT2D eigenvalue weighted by atomic mass is 16.1. The van der Waals surface area contributed by atoms with Crippen molar-refractivity contribution in [2.24, 2.45) is 0 Å². The Balaban J connectivity index is 2.41. The van der Waals surface area contributed by atoms with Gasteiger partial charge in [0.1, 0.15) is 0 Å². The highest BCUT2D eigenvalue weighted by Gasteiger charge is 2.09. The van der Waals surface area contributed by atoms with Crippen LogP contribution in [0.3, 0.4) is 0 Å². The molecule has 0 aliphatic carbocycles. The molecule has 2 atom stereocenters. The second kappa shape index (κ2) is 7.95. The molecule has 1 amide bonds. The summed E-state index contributed by atoms with van der Waals surface area (Å²) in [6, 6.07) is 8.98. The first-order valence-electron chi connectivity index (χ1n) is 7.18. The van der Waals surface area contributed by atoms with E-state index in [1.807, 2.05) is 6.92 Å². The van der Waals surface area contributed by atoms with Crippen molar-refractivity contribution in [3.63, 3.8) is 0 Å². The molecule has 0 radical (unpaired) electrons. The van der Waals surface area contributed by atoms with Gasteiger partial charge in [-0.2, -0.15) is 0 Å². The number of carbonyl (C=O) groups excluding carboxylic acids is 1. The third-order valence-electron chi connectivity index (χ3n) is 3.48. The zero-order valence-corrected chi connectivity index (χ0v) is 12.5. The van der Waals surface area contributed by atoms with Crippen molar-refractivity contribution in [1.29, 1.82) is 0 Å². The number of benzene rings is 1. The number of hydrogen-bond acceptors (Lipinski definition) is 2. The number of rotatable bonds is 7. The number of hydrogen-bond donors (Lipinski definition) is 2. The lowest BCUT2D eigenvalue weighted by atomic mass is 10.1. The summed E-state index contributed by atoms with van der Waals surface area (Å²) in [6.07, 6.45) is 2.01. The van der Waals surface area contributed by atoms with Crippen molar-refractivity contribution >= 4 is 5.91 Å². The lowest BCUT2D eigenvalue weighted by Crippen LogP contribution is -2.39. The summed E-state index contributed by atoms with van der Waals surface area (Å²) < 4.78 is 0. The minimum Gasteiger partial charge on any atom is -0.353 e. The summed E-state index contributed by atoms with van der Waals surface area (Å²) in [5, 5.41) is 6.21. The van der Waals surface area contributed by atoms with Gasteiger partial charge in [-0.05, 0) is 37.8 Å². The molecular weight excluding hydrogens is 236 g/mol. The van der Waals surface area contributed by atoms with Crippen LogP contribution in [0.2, 0.25) is 0 Å². The predicted molar refractivity (Wildman–Crippen MR) is 80.1 cm³/mol. The molecule has 1 rings (SSSR count). The molecule has 2 N–H and O–H groups in total. The molecule has 3 heteroatoms. The first kappa shape index (κ1) is 15.7. The van der Waals surface area contributed by atoms with E-state index < -0.39 is 0 Å². The van der Waals surface area contributed by atoms with Crippen LogP contribution in [0.15, 0.2) is 24.3 Å². The third-order valence-corrected chi connectivity index (χ3v) is 3.48. The van der Waals surface area contributed by atoms with E-state index in [0.717, 1.165) is 12.8 Å². The second-order valence-electron chi connectivity index (χ2n) is 5.07. The second-order valence-corrected chi connectivity index (χ2v) is 5.07. The predicted octanol–water partition coefficient (Wildman–Crippen LogP) is 2.81. The van der Waals surface area contributed by atoms with Gasteiger partial charge >= 0.3 is 0 Å². The van der Waals surface area contributed by atoms with Crippen molar-refractivity contribution in [3.05, 3.63) is 35.4 Å². The Labute approximate surface area is 116 Å². The first-order valence-corrected chi connectivity index (χ1v) is 7.18. The average molecular weight is 262 g/mol. The molecular formula is C16H26N2O. The number of aryl methyl sites for hydroxylation is 1. The summed E-state index contributed by atoms with van der Waals surface area (Å²) in [4.78, 5) is 11.7. The quantitative estimate of drug-likeness (QED) is 0.793. The Kier molecular flexibility index (Phi) is 6.57. The maximum Gasteiger partial charge on any atom is 0.234 e. The van der Waals surface area contributed by atoms with Crippen LogP contribution in [0.25, 0.3) is 0 Å². The van der Waals surface area contributed by atoms with Gasteiger partial charge in [-0.3, -0.25) is 4.79 Å². The normalized spacial score (nSPS) is 13.9. The monoisotopic (exact) mass is 262 g/mol. The molecule has 0 bridgehead atoms. The Morgan fingerprint density at radius 2 is 1.79 bits per heavy atom. The average Bonchev–Trinajstić information content (AvgIpc) is 2.44. The van der Waals surface area contributed by atoms with Crippen LogP contribution in [0.4, 0.5) is 0 Å². The van der Waals surface area contributed by atoms with Crippen molar-refractivity contribution in [1.82, 2.24) is 10.6 Å². The van der Waals surface area contributed by atoms with Crippen LogP contribution in [-0.2, 0) is 11.2 Å². The lowest BCUT2D eigenvalue weighted by Gasteiger charge is -2.16. The fourth-order valence-electron chi connectivity index (χ4n) is 1.83. The molecule has 0 fully saturated rings. The van der Waals surface area contributed by atoms with E-state index in [4.69, 9.17) is 0 Å². The molecule has 3 nitrogen and oxygen atoms in total. The number of carbonyl (C=O) groups is 1. The minimum atomic E-state index is 0.0615. The van der Waals surface area contributed by atoms with Crippen LogP contribution in [-0.4, -0.2) is 18.5 Å². The number of nitrogens with one attached hydrogen (secondary N) is 2. The topological polar surface area (TPSA) is 41.1 Å². The molecule has 1 aromatic rings. The molecule has 0 aliphatic heterocycles. The minimum absolute atomic E-state index is 0.0615. The van der Waals surface area contributed by atoms with Gasteiger partial charge in [0.05, 0.1) is 6.54 Å². The highest BCUT2D eigenvalue weighted by Crippen LogP contribution is 2.13. The fourth-order valence-corrected chi connectivity index (χ4v) is 1.83. The molecule has 0 saturated heterocycles. The maximum absolute atomic E-state index is 11.7. The van der Waals surface area contributed by atoms with E-state index in [1.165, 1.54) is 11.1 Å². The summed E-state index contributed by atoms with van der Waals surface area (Å²) in [7, 11) is 0. The zero-order valence-electron chi connectivity index (χ0n) is 12.5. The fraction of sp³-hybridized carbons (Fsp3) is 0.562. The van der Waals surface area contributed by atoms with E-state index in [1.54, 1.807) is 0 Å². The van der Waals surface area contributed by atoms with Crippen molar-refractivity contribution in [2.75, 3.05) is 6.54 Å². The van der Waals surface area contributed by atoms with Gasteiger partial charge in [0, 0.05) is 12.1 Å². The van der Waals surface area contributed by atoms with Crippen molar-refractivity contribution < 1.29 is 4.79 Å². The summed E-state index contributed by atoms with van der Waals surface area (Å²) in [5.74, 6) is 0.0615. The van der Waals surface area contributed by atoms with Crippen LogP contribution in [0.1, 0.15) is 51.3 Å². The molecule has 106 valence electrons. The Morgan fingerprint density at radius 3 is 2.32 bits per heavy atom. The van der Waals surface area contributed by atoms with Crippen LogP contribution >= 0.6 is 0 Å². The van der Waals surface area contributed by atoms with E-state index in [-0.39, 0.29) is 18.0 Å². The van der Waals surface area contributed by atoms with Crippen molar-refractivity contribution in [3.8, 4) is 0 Å². The smallest absolute Gasteiger partial charge is 0.234 e. The van der Waals surface area contributed by atoms with Gasteiger partial charge in [0.25, 0.3) is 0 Å². The molecule has 19 heavy (non-hydrogen) atoms. The van der Waals surface area contributed by atoms with Crippen molar-refractivity contribution in [2.45, 2.75) is 52.6 Å². The van der Waals surface area contributed by atoms with Gasteiger partial charge in [0.2, 0.25) is 5.91 Å². The third kappa shape index (κ3) is 5.43. The summed E-state index contributed by atoms with van der Waals surface area (Å²) in [5.41, 5.74) is 2.55. The van der Waals surface area contributed by atoms with E-state index in [9.17, 15) is 4.79 Å². The lowest BCUT2D eigenvalue weighted by molar-refractivity contribution is -0.120. The van der Waals surface area contributed by atoms with Gasteiger partial charge in [0.15, 0.2) is 0 Å². The molecule has 0 heterocycles. The first-order chi connectivity index (χ1) is 9.06. The van der Waals surface area contributed by atoms with Gasteiger partial charge < -0.3 is 10.6 Å². The molecule has 0 spiro atoms. The molecule has 0 aromatic heterocycles. The largest absolute Gasteiger partial charge is 0.353 e. The van der Waals surface area contributed by atoms with Crippen LogP contribution in [0.5, 0.6) is 0 Å². The SMILES string of the molecule is CCc1ccc(C(C)NCC(=O)NC(C)CC)cc1. The molecule has 2 unspecified atom stereocenters. The molecule has 0 aliphatic rings. The molecule has 1 aromatic carbocycles. The Hall–Kier alpha value is -1.35. The Morgan fingerprint density at radius 1 is 1.16 bits per heavy atom.